The van der Waals surface area contributed by atoms with Crippen LogP contribution in [0.25, 0.3) is 0 Å². The number of carbonyl (C=O) groups is 1. The van der Waals surface area contributed by atoms with Crippen LogP contribution in [-0.4, -0.2) is 54.3 Å². The number of methoxy groups -OCH3 is 1. The molecule has 21 heavy (non-hydrogen) atoms. The molecule has 1 aromatic rings. The molecule has 1 amide bonds. The largest absolute Gasteiger partial charge is 0.378 e. The van der Waals surface area contributed by atoms with Gasteiger partial charge in [-0.1, -0.05) is 0 Å². The second-order valence-electron chi connectivity index (χ2n) is 5.81. The molecule has 114 valence electrons. The number of hydrogen-bond acceptors (Lipinski definition) is 4. The van der Waals surface area contributed by atoms with Crippen LogP contribution in [0.3, 0.4) is 0 Å². The SMILES string of the molecule is COC1CCCOC12CCN(C(=O)c1ccncc1)CC2. The molecule has 0 aromatic carbocycles. The summed E-state index contributed by atoms with van der Waals surface area (Å²) in [4.78, 5) is 18.3. The van der Waals surface area contributed by atoms with Crippen molar-refractivity contribution in [1.29, 1.82) is 0 Å². The summed E-state index contributed by atoms with van der Waals surface area (Å²) in [5.74, 6) is 0.0806. The van der Waals surface area contributed by atoms with Crippen molar-refractivity contribution in [1.82, 2.24) is 9.88 Å². The Morgan fingerprint density at radius 1 is 1.38 bits per heavy atom. The number of nitrogens with zero attached hydrogens (tertiary/aromatic N) is 2. The summed E-state index contributed by atoms with van der Waals surface area (Å²) in [6, 6.07) is 3.53. The Morgan fingerprint density at radius 2 is 2.10 bits per heavy atom. The van der Waals surface area contributed by atoms with Gasteiger partial charge in [0.25, 0.3) is 5.91 Å². The highest BCUT2D eigenvalue weighted by Crippen LogP contribution is 2.37. The molecule has 1 atom stereocenters. The molecule has 2 saturated heterocycles. The highest BCUT2D eigenvalue weighted by atomic mass is 16.5. The first-order valence-electron chi connectivity index (χ1n) is 7.61. The smallest absolute Gasteiger partial charge is 0.253 e. The fourth-order valence-electron chi connectivity index (χ4n) is 3.46. The van der Waals surface area contributed by atoms with Gasteiger partial charge in [-0.25, -0.2) is 0 Å². The maximum Gasteiger partial charge on any atom is 0.253 e. The van der Waals surface area contributed by atoms with Crippen LogP contribution < -0.4 is 0 Å². The first-order chi connectivity index (χ1) is 10.2. The summed E-state index contributed by atoms with van der Waals surface area (Å²) in [7, 11) is 1.76. The lowest BCUT2D eigenvalue weighted by atomic mass is 9.81. The minimum atomic E-state index is -0.192. The van der Waals surface area contributed by atoms with E-state index in [-0.39, 0.29) is 17.6 Å². The topological polar surface area (TPSA) is 51.7 Å². The number of rotatable bonds is 2. The molecule has 5 nitrogen and oxygen atoms in total. The van der Waals surface area contributed by atoms with Crippen LogP contribution in [0.5, 0.6) is 0 Å². The van der Waals surface area contributed by atoms with Crippen molar-refractivity contribution in [3.63, 3.8) is 0 Å². The van der Waals surface area contributed by atoms with E-state index in [1.807, 2.05) is 4.90 Å². The number of amides is 1. The molecule has 3 rings (SSSR count). The average Bonchev–Trinajstić information content (AvgIpc) is 2.56. The zero-order chi connectivity index (χ0) is 14.7. The second kappa shape index (κ2) is 6.12. The van der Waals surface area contributed by atoms with Crippen LogP contribution >= 0.6 is 0 Å². The summed E-state index contributed by atoms with van der Waals surface area (Å²) < 4.78 is 11.7. The molecular formula is C16H22N2O3. The Labute approximate surface area is 125 Å². The zero-order valence-corrected chi connectivity index (χ0v) is 12.5. The fourth-order valence-corrected chi connectivity index (χ4v) is 3.46. The predicted octanol–water partition coefficient (Wildman–Crippen LogP) is 1.88. The first-order valence-corrected chi connectivity index (χ1v) is 7.61. The number of pyridine rings is 1. The van der Waals surface area contributed by atoms with E-state index in [0.717, 1.165) is 45.4 Å². The van der Waals surface area contributed by atoms with Gasteiger partial charge in [0.2, 0.25) is 0 Å². The third-order valence-corrected chi connectivity index (χ3v) is 4.70. The number of likely N-dealkylation sites (tertiary alicyclic amines) is 1. The molecule has 2 aliphatic heterocycles. The van der Waals surface area contributed by atoms with Crippen molar-refractivity contribution in [2.45, 2.75) is 37.4 Å². The van der Waals surface area contributed by atoms with Crippen molar-refractivity contribution in [2.75, 3.05) is 26.8 Å². The van der Waals surface area contributed by atoms with Gasteiger partial charge < -0.3 is 14.4 Å². The Hall–Kier alpha value is -1.46. The molecule has 2 fully saturated rings. The van der Waals surface area contributed by atoms with Crippen molar-refractivity contribution in [2.24, 2.45) is 0 Å². The molecule has 0 aliphatic carbocycles. The Morgan fingerprint density at radius 3 is 2.76 bits per heavy atom. The van der Waals surface area contributed by atoms with Gasteiger partial charge in [0.1, 0.15) is 0 Å². The maximum atomic E-state index is 12.4. The third-order valence-electron chi connectivity index (χ3n) is 4.70. The van der Waals surface area contributed by atoms with Gasteiger partial charge in [0, 0.05) is 44.8 Å². The minimum absolute atomic E-state index is 0.0806. The van der Waals surface area contributed by atoms with Gasteiger partial charge in [0.15, 0.2) is 0 Å². The summed E-state index contributed by atoms with van der Waals surface area (Å²) in [5, 5.41) is 0. The summed E-state index contributed by atoms with van der Waals surface area (Å²) >= 11 is 0. The van der Waals surface area contributed by atoms with Gasteiger partial charge in [-0.3, -0.25) is 9.78 Å². The van der Waals surface area contributed by atoms with Crippen LogP contribution in [0.1, 0.15) is 36.0 Å². The molecule has 2 aliphatic rings. The molecule has 1 unspecified atom stereocenters. The van der Waals surface area contributed by atoms with Crippen LogP contribution in [0.4, 0.5) is 0 Å². The van der Waals surface area contributed by atoms with Gasteiger partial charge in [-0.05, 0) is 37.8 Å². The second-order valence-corrected chi connectivity index (χ2v) is 5.81. The highest BCUT2D eigenvalue weighted by Gasteiger charge is 2.45. The van der Waals surface area contributed by atoms with E-state index in [4.69, 9.17) is 9.47 Å². The number of carbonyl (C=O) groups excluding carboxylic acids is 1. The number of ether oxygens (including phenoxy) is 2. The predicted molar refractivity (Wildman–Crippen MR) is 78.1 cm³/mol. The van der Waals surface area contributed by atoms with Crippen molar-refractivity contribution in [3.05, 3.63) is 30.1 Å². The van der Waals surface area contributed by atoms with E-state index in [1.54, 1.807) is 31.6 Å². The molecule has 0 radical (unpaired) electrons. The Bertz CT molecular complexity index is 484. The molecule has 0 bridgehead atoms. The Kier molecular flexibility index (Phi) is 4.22. The average molecular weight is 290 g/mol. The molecular weight excluding hydrogens is 268 g/mol. The van der Waals surface area contributed by atoms with Crippen molar-refractivity contribution in [3.8, 4) is 0 Å². The van der Waals surface area contributed by atoms with Crippen LogP contribution in [0, 0.1) is 0 Å². The lowest BCUT2D eigenvalue weighted by Gasteiger charge is -2.48. The lowest BCUT2D eigenvalue weighted by molar-refractivity contribution is -0.183. The molecule has 1 aromatic heterocycles. The number of aromatic nitrogens is 1. The fraction of sp³-hybridized carbons (Fsp3) is 0.625. The van der Waals surface area contributed by atoms with Crippen LogP contribution in [-0.2, 0) is 9.47 Å². The quantitative estimate of drug-likeness (QED) is 0.834. The zero-order valence-electron chi connectivity index (χ0n) is 12.5. The molecule has 0 N–H and O–H groups in total. The third kappa shape index (κ3) is 2.80. The normalized spacial score (nSPS) is 25.0. The van der Waals surface area contributed by atoms with Crippen molar-refractivity contribution < 1.29 is 14.3 Å². The van der Waals surface area contributed by atoms with E-state index < -0.39 is 0 Å². The van der Waals surface area contributed by atoms with Crippen molar-refractivity contribution >= 4 is 5.91 Å². The molecule has 3 heterocycles. The number of piperidine rings is 1. The lowest BCUT2D eigenvalue weighted by Crippen LogP contribution is -2.56. The highest BCUT2D eigenvalue weighted by molar-refractivity contribution is 5.94. The molecule has 1 spiro atoms. The first kappa shape index (κ1) is 14.5. The van der Waals surface area contributed by atoms with Crippen LogP contribution in [0.2, 0.25) is 0 Å². The van der Waals surface area contributed by atoms with Gasteiger partial charge in [-0.2, -0.15) is 0 Å². The van der Waals surface area contributed by atoms with Crippen LogP contribution in [0.15, 0.2) is 24.5 Å². The van der Waals surface area contributed by atoms with E-state index in [0.29, 0.717) is 5.56 Å². The Balaban J connectivity index is 1.66. The monoisotopic (exact) mass is 290 g/mol. The minimum Gasteiger partial charge on any atom is -0.378 e. The van der Waals surface area contributed by atoms with E-state index in [2.05, 4.69) is 4.98 Å². The van der Waals surface area contributed by atoms with E-state index >= 15 is 0 Å². The summed E-state index contributed by atoms with van der Waals surface area (Å²) in [6.07, 6.45) is 7.28. The molecule has 0 saturated carbocycles. The standard InChI is InChI=1S/C16H22N2O3/c1-20-14-3-2-12-21-16(14)6-10-18(11-7-16)15(19)13-4-8-17-9-5-13/h4-5,8-9,14H,2-3,6-7,10-12H2,1H3. The summed E-state index contributed by atoms with van der Waals surface area (Å²) in [6.45, 7) is 2.25. The van der Waals surface area contributed by atoms with E-state index in [9.17, 15) is 4.79 Å². The van der Waals surface area contributed by atoms with Gasteiger partial charge >= 0.3 is 0 Å². The van der Waals surface area contributed by atoms with E-state index in [1.165, 1.54) is 0 Å². The molecule has 5 heteroatoms. The maximum absolute atomic E-state index is 12.4. The van der Waals surface area contributed by atoms with Gasteiger partial charge in [0.05, 0.1) is 11.7 Å². The number of hydrogen-bond donors (Lipinski definition) is 0. The van der Waals surface area contributed by atoms with Gasteiger partial charge in [-0.15, -0.1) is 0 Å². The summed E-state index contributed by atoms with van der Waals surface area (Å²) in [5.41, 5.74) is 0.510.